The molecular weight excluding hydrogens is 298 g/mol. The second kappa shape index (κ2) is 4.91. The van der Waals surface area contributed by atoms with Crippen molar-refractivity contribution >= 4 is 21.2 Å². The van der Waals surface area contributed by atoms with Gasteiger partial charge in [-0.25, -0.2) is 17.4 Å². The van der Waals surface area contributed by atoms with Crippen LogP contribution in [0.25, 0.3) is 11.2 Å². The minimum Gasteiger partial charge on any atom is -0.251 e. The molecule has 3 aromatic rings. The molecule has 0 aliphatic heterocycles. The van der Waals surface area contributed by atoms with Crippen molar-refractivity contribution in [2.24, 2.45) is 0 Å². The molecule has 0 N–H and O–H groups in total. The number of benzene rings is 1. The smallest absolute Gasteiger partial charge is 0.251 e. The van der Waals surface area contributed by atoms with Gasteiger partial charge in [-0.3, -0.25) is 4.98 Å². The number of nitrogens with zero attached hydrogens (tertiary/aromatic N) is 3. The van der Waals surface area contributed by atoms with E-state index in [1.54, 1.807) is 18.2 Å². The molecule has 5 nitrogen and oxygen atoms in total. The zero-order valence-corrected chi connectivity index (χ0v) is 13.5. The summed E-state index contributed by atoms with van der Waals surface area (Å²) >= 11 is 0. The number of hydrogen-bond donors (Lipinski definition) is 0. The quantitative estimate of drug-likeness (QED) is 0.729. The van der Waals surface area contributed by atoms with E-state index < -0.39 is 10.0 Å². The Morgan fingerprint density at radius 1 is 0.955 bits per heavy atom. The van der Waals surface area contributed by atoms with Crippen molar-refractivity contribution in [1.82, 2.24) is 13.9 Å². The van der Waals surface area contributed by atoms with E-state index in [1.165, 1.54) is 22.6 Å². The lowest BCUT2D eigenvalue weighted by Crippen LogP contribution is -2.14. The third kappa shape index (κ3) is 2.39. The summed E-state index contributed by atoms with van der Waals surface area (Å²) in [5, 5.41) is 0. The van der Waals surface area contributed by atoms with Gasteiger partial charge in [-0.1, -0.05) is 32.9 Å². The van der Waals surface area contributed by atoms with E-state index in [4.69, 9.17) is 0 Å². The monoisotopic (exact) mass is 315 g/mol. The van der Waals surface area contributed by atoms with E-state index >= 15 is 0 Å². The van der Waals surface area contributed by atoms with Crippen LogP contribution >= 0.6 is 0 Å². The van der Waals surface area contributed by atoms with Crippen molar-refractivity contribution < 1.29 is 8.42 Å². The summed E-state index contributed by atoms with van der Waals surface area (Å²) in [5.41, 5.74) is 1.96. The van der Waals surface area contributed by atoms with Gasteiger partial charge < -0.3 is 0 Å². The lowest BCUT2D eigenvalue weighted by molar-refractivity contribution is 0.583. The molecule has 0 saturated carbocycles. The van der Waals surface area contributed by atoms with Gasteiger partial charge in [-0.15, -0.1) is 0 Å². The maximum absolute atomic E-state index is 12.8. The highest BCUT2D eigenvalue weighted by Gasteiger charge is 2.21. The van der Waals surface area contributed by atoms with Gasteiger partial charge in [0.05, 0.1) is 4.90 Å². The number of rotatable bonds is 2. The van der Waals surface area contributed by atoms with E-state index in [0.29, 0.717) is 11.2 Å². The van der Waals surface area contributed by atoms with Crippen LogP contribution < -0.4 is 0 Å². The first kappa shape index (κ1) is 14.7. The molecular formula is C16H17N3O2S. The fraction of sp³-hybridized carbons (Fsp3) is 0.250. The predicted octanol–water partition coefficient (Wildman–Crippen LogP) is 2.97. The Balaban J connectivity index is 2.10. The van der Waals surface area contributed by atoms with Crippen LogP contribution in [0, 0.1) is 0 Å². The molecule has 0 radical (unpaired) electrons. The highest BCUT2D eigenvalue weighted by Crippen LogP contribution is 2.25. The standard InChI is InChI=1S/C16H17N3O2S/c1-16(2,3)12-4-6-13(7-5-12)22(20,21)19-11-8-14-15(19)18-10-9-17-14/h4-11H,1-3H3. The van der Waals surface area contributed by atoms with E-state index in [9.17, 15) is 8.42 Å². The van der Waals surface area contributed by atoms with Crippen molar-refractivity contribution in [2.45, 2.75) is 31.1 Å². The molecule has 0 unspecified atom stereocenters. The summed E-state index contributed by atoms with van der Waals surface area (Å²) in [5.74, 6) is 0. The van der Waals surface area contributed by atoms with Crippen LogP contribution in [0.3, 0.4) is 0 Å². The molecule has 0 amide bonds. The average molecular weight is 315 g/mol. The van der Waals surface area contributed by atoms with Crippen molar-refractivity contribution in [3.63, 3.8) is 0 Å². The molecule has 0 aliphatic carbocycles. The molecule has 2 heterocycles. The minimum atomic E-state index is -3.67. The van der Waals surface area contributed by atoms with Crippen molar-refractivity contribution in [2.75, 3.05) is 0 Å². The molecule has 6 heteroatoms. The summed E-state index contributed by atoms with van der Waals surface area (Å²) < 4.78 is 26.7. The van der Waals surface area contributed by atoms with Crippen LogP contribution in [0.1, 0.15) is 26.3 Å². The van der Waals surface area contributed by atoms with Crippen LogP contribution in [0.15, 0.2) is 53.8 Å². The molecule has 0 bridgehead atoms. The molecule has 1 aromatic carbocycles. The predicted molar refractivity (Wildman–Crippen MR) is 85.3 cm³/mol. The Morgan fingerprint density at radius 3 is 2.23 bits per heavy atom. The number of aromatic nitrogens is 3. The normalized spacial score (nSPS) is 12.7. The van der Waals surface area contributed by atoms with E-state index in [2.05, 4.69) is 30.7 Å². The fourth-order valence-electron chi connectivity index (χ4n) is 2.27. The fourth-order valence-corrected chi connectivity index (χ4v) is 3.57. The maximum Gasteiger partial charge on any atom is 0.269 e. The first-order valence-electron chi connectivity index (χ1n) is 6.94. The zero-order chi connectivity index (χ0) is 16.0. The molecule has 0 aliphatic rings. The number of hydrogen-bond acceptors (Lipinski definition) is 4. The molecule has 0 saturated heterocycles. The van der Waals surface area contributed by atoms with Gasteiger partial charge in [0.2, 0.25) is 0 Å². The third-order valence-electron chi connectivity index (χ3n) is 3.56. The van der Waals surface area contributed by atoms with Gasteiger partial charge in [-0.05, 0) is 29.2 Å². The van der Waals surface area contributed by atoms with Crippen LogP contribution in [-0.4, -0.2) is 22.4 Å². The summed E-state index contributed by atoms with van der Waals surface area (Å²) in [6.45, 7) is 6.27. The second-order valence-corrected chi connectivity index (χ2v) is 7.97. The van der Waals surface area contributed by atoms with Gasteiger partial charge in [0.25, 0.3) is 10.0 Å². The van der Waals surface area contributed by atoms with Gasteiger partial charge >= 0.3 is 0 Å². The van der Waals surface area contributed by atoms with Gasteiger partial charge in [0.15, 0.2) is 5.65 Å². The molecule has 0 fully saturated rings. The van der Waals surface area contributed by atoms with E-state index in [1.807, 2.05) is 12.1 Å². The molecule has 0 atom stereocenters. The zero-order valence-electron chi connectivity index (χ0n) is 12.7. The lowest BCUT2D eigenvalue weighted by Gasteiger charge is -2.19. The second-order valence-electron chi connectivity index (χ2n) is 6.16. The van der Waals surface area contributed by atoms with Gasteiger partial charge in [0.1, 0.15) is 5.52 Å². The largest absolute Gasteiger partial charge is 0.269 e. The Kier molecular flexibility index (Phi) is 3.29. The Hall–Kier alpha value is -2.21. The topological polar surface area (TPSA) is 64.8 Å². The molecule has 22 heavy (non-hydrogen) atoms. The Morgan fingerprint density at radius 2 is 1.59 bits per heavy atom. The summed E-state index contributed by atoms with van der Waals surface area (Å²) in [6.07, 6.45) is 4.51. The highest BCUT2D eigenvalue weighted by molar-refractivity contribution is 7.90. The summed E-state index contributed by atoms with van der Waals surface area (Å²) in [6, 6.07) is 8.62. The maximum atomic E-state index is 12.8. The van der Waals surface area contributed by atoms with Crippen LogP contribution in [0.5, 0.6) is 0 Å². The molecule has 2 aromatic heterocycles. The van der Waals surface area contributed by atoms with Crippen LogP contribution in [-0.2, 0) is 15.4 Å². The van der Waals surface area contributed by atoms with Crippen molar-refractivity contribution in [3.8, 4) is 0 Å². The van der Waals surface area contributed by atoms with Gasteiger partial charge in [-0.2, -0.15) is 0 Å². The summed E-state index contributed by atoms with van der Waals surface area (Å²) in [7, 11) is -3.67. The molecule has 114 valence electrons. The highest BCUT2D eigenvalue weighted by atomic mass is 32.2. The lowest BCUT2D eigenvalue weighted by atomic mass is 9.87. The van der Waals surface area contributed by atoms with Crippen molar-refractivity contribution in [3.05, 3.63) is 54.5 Å². The molecule has 3 rings (SSSR count). The average Bonchev–Trinajstić information content (AvgIpc) is 2.91. The Bertz CT molecular complexity index is 920. The SMILES string of the molecule is CC(C)(C)c1ccc(S(=O)(=O)n2ccc3nccnc32)cc1. The van der Waals surface area contributed by atoms with Crippen molar-refractivity contribution in [1.29, 1.82) is 0 Å². The first-order valence-corrected chi connectivity index (χ1v) is 8.38. The van der Waals surface area contributed by atoms with Crippen LogP contribution in [0.4, 0.5) is 0 Å². The van der Waals surface area contributed by atoms with E-state index in [0.717, 1.165) is 5.56 Å². The summed E-state index contributed by atoms with van der Waals surface area (Å²) in [4.78, 5) is 8.46. The molecule has 0 spiro atoms. The first-order chi connectivity index (χ1) is 10.3. The minimum absolute atomic E-state index is 0.0199. The van der Waals surface area contributed by atoms with Gasteiger partial charge in [0, 0.05) is 18.6 Å². The Labute approximate surface area is 129 Å². The van der Waals surface area contributed by atoms with E-state index in [-0.39, 0.29) is 10.3 Å². The third-order valence-corrected chi connectivity index (χ3v) is 5.24. The van der Waals surface area contributed by atoms with Crippen LogP contribution in [0.2, 0.25) is 0 Å². The number of fused-ring (bicyclic) bond motifs is 1.